The SMILES string of the molecule is FC1CC(c2ncc(Cc3ccncc3)[nH]2)C1. The van der Waals surface area contributed by atoms with Gasteiger partial charge in [0, 0.05) is 36.6 Å². The topological polar surface area (TPSA) is 41.6 Å². The molecule has 3 rings (SSSR count). The van der Waals surface area contributed by atoms with Gasteiger partial charge in [0.2, 0.25) is 0 Å². The van der Waals surface area contributed by atoms with Gasteiger partial charge < -0.3 is 4.98 Å². The molecule has 0 radical (unpaired) electrons. The molecule has 0 saturated heterocycles. The second-order valence-corrected chi connectivity index (χ2v) is 4.59. The summed E-state index contributed by atoms with van der Waals surface area (Å²) in [5.41, 5.74) is 2.28. The van der Waals surface area contributed by atoms with E-state index in [2.05, 4.69) is 15.0 Å². The van der Waals surface area contributed by atoms with Gasteiger partial charge in [-0.05, 0) is 30.5 Å². The molecule has 1 N–H and O–H groups in total. The van der Waals surface area contributed by atoms with Crippen LogP contribution in [0.2, 0.25) is 0 Å². The minimum Gasteiger partial charge on any atom is -0.345 e. The molecule has 2 heterocycles. The Morgan fingerprint density at radius 2 is 2.06 bits per heavy atom. The first-order valence-electron chi connectivity index (χ1n) is 5.88. The van der Waals surface area contributed by atoms with Crippen molar-refractivity contribution in [2.45, 2.75) is 31.4 Å². The molecule has 17 heavy (non-hydrogen) atoms. The molecule has 4 heteroatoms. The van der Waals surface area contributed by atoms with Crippen LogP contribution in [0.4, 0.5) is 4.39 Å². The molecular weight excluding hydrogens is 217 g/mol. The van der Waals surface area contributed by atoms with Crippen LogP contribution < -0.4 is 0 Å². The van der Waals surface area contributed by atoms with E-state index in [4.69, 9.17) is 0 Å². The number of H-pyrrole nitrogens is 1. The number of nitrogens with zero attached hydrogens (tertiary/aromatic N) is 2. The van der Waals surface area contributed by atoms with Crippen molar-refractivity contribution < 1.29 is 4.39 Å². The number of pyridine rings is 1. The number of aromatic amines is 1. The van der Waals surface area contributed by atoms with Gasteiger partial charge in [-0.3, -0.25) is 4.98 Å². The monoisotopic (exact) mass is 231 g/mol. The van der Waals surface area contributed by atoms with E-state index in [-0.39, 0.29) is 5.92 Å². The predicted molar refractivity (Wildman–Crippen MR) is 62.5 cm³/mol. The molecule has 1 aliphatic carbocycles. The summed E-state index contributed by atoms with van der Waals surface area (Å²) in [4.78, 5) is 11.6. The van der Waals surface area contributed by atoms with E-state index in [1.165, 1.54) is 5.56 Å². The molecule has 0 atom stereocenters. The maximum atomic E-state index is 12.8. The zero-order chi connectivity index (χ0) is 11.7. The largest absolute Gasteiger partial charge is 0.345 e. The molecule has 1 fully saturated rings. The molecule has 0 bridgehead atoms. The van der Waals surface area contributed by atoms with Crippen molar-refractivity contribution in [1.29, 1.82) is 0 Å². The number of alkyl halides is 1. The first-order chi connectivity index (χ1) is 8.31. The molecule has 1 aliphatic rings. The fourth-order valence-electron chi connectivity index (χ4n) is 2.17. The average Bonchev–Trinajstić information content (AvgIpc) is 2.74. The Morgan fingerprint density at radius 1 is 1.29 bits per heavy atom. The van der Waals surface area contributed by atoms with Gasteiger partial charge in [0.15, 0.2) is 0 Å². The van der Waals surface area contributed by atoms with E-state index in [0.29, 0.717) is 12.8 Å². The number of hydrogen-bond donors (Lipinski definition) is 1. The van der Waals surface area contributed by atoms with Crippen molar-refractivity contribution in [3.8, 4) is 0 Å². The van der Waals surface area contributed by atoms with Crippen LogP contribution in [0.25, 0.3) is 0 Å². The molecule has 0 unspecified atom stereocenters. The Bertz CT molecular complexity index is 488. The van der Waals surface area contributed by atoms with E-state index in [1.54, 1.807) is 12.4 Å². The van der Waals surface area contributed by atoms with E-state index in [0.717, 1.165) is 17.9 Å². The Balaban J connectivity index is 1.69. The van der Waals surface area contributed by atoms with Gasteiger partial charge in [-0.25, -0.2) is 9.37 Å². The molecule has 88 valence electrons. The Hall–Kier alpha value is -1.71. The van der Waals surface area contributed by atoms with Crippen molar-refractivity contribution in [1.82, 2.24) is 15.0 Å². The van der Waals surface area contributed by atoms with Gasteiger partial charge in [0.1, 0.15) is 12.0 Å². The Labute approximate surface area is 99.1 Å². The molecule has 1 saturated carbocycles. The van der Waals surface area contributed by atoms with Crippen LogP contribution in [0.5, 0.6) is 0 Å². The number of rotatable bonds is 3. The highest BCUT2D eigenvalue weighted by Gasteiger charge is 2.32. The third kappa shape index (κ3) is 2.20. The number of halogens is 1. The maximum absolute atomic E-state index is 12.8. The van der Waals surface area contributed by atoms with Crippen LogP contribution in [0.3, 0.4) is 0 Å². The summed E-state index contributed by atoms with van der Waals surface area (Å²) in [6.07, 6.45) is 6.83. The second-order valence-electron chi connectivity index (χ2n) is 4.59. The van der Waals surface area contributed by atoms with E-state index in [9.17, 15) is 4.39 Å². The standard InChI is InChI=1S/C13H14FN3/c14-11-6-10(7-11)13-16-8-12(17-13)5-9-1-3-15-4-2-9/h1-4,8,10-11H,5-7H2,(H,16,17). The lowest BCUT2D eigenvalue weighted by Gasteiger charge is -2.27. The molecule has 2 aromatic rings. The number of nitrogens with one attached hydrogen (secondary N) is 1. The summed E-state index contributed by atoms with van der Waals surface area (Å²) in [6.45, 7) is 0. The van der Waals surface area contributed by atoms with Gasteiger partial charge in [0.05, 0.1) is 0 Å². The number of imidazole rings is 1. The highest BCUT2D eigenvalue weighted by molar-refractivity contribution is 5.19. The quantitative estimate of drug-likeness (QED) is 0.882. The van der Waals surface area contributed by atoms with Crippen LogP contribution in [-0.2, 0) is 6.42 Å². The summed E-state index contributed by atoms with van der Waals surface area (Å²) < 4.78 is 12.8. The fourth-order valence-corrected chi connectivity index (χ4v) is 2.17. The van der Waals surface area contributed by atoms with Crippen molar-refractivity contribution in [2.24, 2.45) is 0 Å². The molecule has 0 aromatic carbocycles. The maximum Gasteiger partial charge on any atom is 0.109 e. The molecular formula is C13H14FN3. The summed E-state index contributed by atoms with van der Waals surface area (Å²) in [5.74, 6) is 1.22. The third-order valence-electron chi connectivity index (χ3n) is 3.26. The summed E-state index contributed by atoms with van der Waals surface area (Å²) in [5, 5.41) is 0. The number of aromatic nitrogens is 3. The minimum atomic E-state index is -0.631. The van der Waals surface area contributed by atoms with Crippen LogP contribution in [0, 0.1) is 0 Å². The summed E-state index contributed by atoms with van der Waals surface area (Å²) in [7, 11) is 0. The van der Waals surface area contributed by atoms with Crippen molar-refractivity contribution in [3.63, 3.8) is 0 Å². The summed E-state index contributed by atoms with van der Waals surface area (Å²) in [6, 6.07) is 3.98. The molecule has 2 aromatic heterocycles. The lowest BCUT2D eigenvalue weighted by Crippen LogP contribution is -2.23. The van der Waals surface area contributed by atoms with Crippen LogP contribution in [0.15, 0.2) is 30.7 Å². The summed E-state index contributed by atoms with van der Waals surface area (Å²) >= 11 is 0. The average molecular weight is 231 g/mol. The lowest BCUT2D eigenvalue weighted by atomic mass is 9.83. The van der Waals surface area contributed by atoms with Gasteiger partial charge in [-0.15, -0.1) is 0 Å². The van der Waals surface area contributed by atoms with Gasteiger partial charge in [-0.1, -0.05) is 0 Å². The zero-order valence-electron chi connectivity index (χ0n) is 9.44. The molecule has 3 nitrogen and oxygen atoms in total. The molecule has 0 amide bonds. The number of hydrogen-bond acceptors (Lipinski definition) is 2. The van der Waals surface area contributed by atoms with Crippen molar-refractivity contribution in [3.05, 3.63) is 47.8 Å². The van der Waals surface area contributed by atoms with Gasteiger partial charge >= 0.3 is 0 Å². The minimum absolute atomic E-state index is 0.288. The normalized spacial score (nSPS) is 23.4. The van der Waals surface area contributed by atoms with E-state index < -0.39 is 6.17 Å². The molecule has 0 spiro atoms. The van der Waals surface area contributed by atoms with Crippen molar-refractivity contribution >= 4 is 0 Å². The first kappa shape index (κ1) is 10.4. The lowest BCUT2D eigenvalue weighted by molar-refractivity contribution is 0.174. The fraction of sp³-hybridized carbons (Fsp3) is 0.385. The predicted octanol–water partition coefficient (Wildman–Crippen LogP) is 2.61. The zero-order valence-corrected chi connectivity index (χ0v) is 9.44. The van der Waals surface area contributed by atoms with Gasteiger partial charge in [-0.2, -0.15) is 0 Å². The molecule has 0 aliphatic heterocycles. The van der Waals surface area contributed by atoms with Crippen LogP contribution in [0.1, 0.15) is 35.8 Å². The van der Waals surface area contributed by atoms with E-state index in [1.807, 2.05) is 18.3 Å². The highest BCUT2D eigenvalue weighted by atomic mass is 19.1. The van der Waals surface area contributed by atoms with Crippen LogP contribution >= 0.6 is 0 Å². The smallest absolute Gasteiger partial charge is 0.109 e. The Morgan fingerprint density at radius 3 is 2.76 bits per heavy atom. The highest BCUT2D eigenvalue weighted by Crippen LogP contribution is 2.37. The second kappa shape index (κ2) is 4.28. The van der Waals surface area contributed by atoms with Crippen LogP contribution in [-0.4, -0.2) is 21.1 Å². The van der Waals surface area contributed by atoms with E-state index >= 15 is 0 Å². The third-order valence-corrected chi connectivity index (χ3v) is 3.26. The Kier molecular flexibility index (Phi) is 2.63. The van der Waals surface area contributed by atoms with Crippen molar-refractivity contribution in [2.75, 3.05) is 0 Å². The first-order valence-corrected chi connectivity index (χ1v) is 5.88. The van der Waals surface area contributed by atoms with Gasteiger partial charge in [0.25, 0.3) is 0 Å².